The summed E-state index contributed by atoms with van der Waals surface area (Å²) >= 11 is 6.10. The molecule has 2 N–H and O–H groups in total. The summed E-state index contributed by atoms with van der Waals surface area (Å²) in [6.45, 7) is 0. The molecule has 1 aromatic rings. The van der Waals surface area contributed by atoms with Crippen LogP contribution in [-0.4, -0.2) is 31.0 Å². The molecule has 10 heteroatoms. The van der Waals surface area contributed by atoms with Crippen LogP contribution in [-0.2, 0) is 16.2 Å². The van der Waals surface area contributed by atoms with E-state index in [0.29, 0.717) is 25.3 Å². The molecule has 24 heavy (non-hydrogen) atoms. The molecule has 0 spiro atoms. The van der Waals surface area contributed by atoms with E-state index >= 15 is 0 Å². The summed E-state index contributed by atoms with van der Waals surface area (Å²) in [5, 5.41) is 2.68. The van der Waals surface area contributed by atoms with Crippen molar-refractivity contribution in [2.45, 2.75) is 35.9 Å². The van der Waals surface area contributed by atoms with Gasteiger partial charge in [0.05, 0.1) is 27.9 Å². The van der Waals surface area contributed by atoms with Gasteiger partial charge in [0.2, 0.25) is 10.0 Å². The fourth-order valence-electron chi connectivity index (χ4n) is 3.30. The largest absolute Gasteiger partial charge is 0.416 e. The van der Waals surface area contributed by atoms with Crippen molar-refractivity contribution in [1.82, 2.24) is 5.32 Å². The number of nitrogens with one attached hydrogen (secondary N) is 2. The number of amides is 1. The number of carbonyl (C=O) groups is 1. The highest BCUT2D eigenvalue weighted by molar-refractivity contribution is 7.92. The van der Waals surface area contributed by atoms with Crippen molar-refractivity contribution in [3.05, 3.63) is 29.3 Å². The molecule has 0 atom stereocenters. The lowest BCUT2D eigenvalue weighted by Crippen LogP contribution is -2.76. The molecule has 1 aromatic carbocycles. The highest BCUT2D eigenvalue weighted by atomic mass is 35.5. The van der Waals surface area contributed by atoms with Crippen LogP contribution in [0.25, 0.3) is 0 Å². The first-order chi connectivity index (χ1) is 10.8. The molecule has 4 rings (SSSR count). The van der Waals surface area contributed by atoms with Gasteiger partial charge in [-0.15, -0.1) is 11.6 Å². The Kier molecular flexibility index (Phi) is 3.62. The van der Waals surface area contributed by atoms with E-state index in [0.717, 1.165) is 18.4 Å². The Hall–Kier alpha value is -1.48. The van der Waals surface area contributed by atoms with Crippen molar-refractivity contribution in [2.24, 2.45) is 0 Å². The number of rotatable bonds is 4. The summed E-state index contributed by atoms with van der Waals surface area (Å²) in [6.07, 6.45) is -2.12. The number of carbonyl (C=O) groups excluding carboxylic acids is 1. The fraction of sp³-hybridized carbons (Fsp3) is 0.500. The van der Waals surface area contributed by atoms with Crippen molar-refractivity contribution in [3.8, 4) is 0 Å². The number of benzene rings is 1. The Bertz CT molecular complexity index is 803. The second kappa shape index (κ2) is 5.01. The van der Waals surface area contributed by atoms with Crippen molar-refractivity contribution in [2.75, 3.05) is 11.0 Å². The maximum atomic E-state index is 12.9. The van der Waals surface area contributed by atoms with Crippen molar-refractivity contribution in [3.63, 3.8) is 0 Å². The van der Waals surface area contributed by atoms with Crippen molar-refractivity contribution in [1.29, 1.82) is 0 Å². The zero-order valence-electron chi connectivity index (χ0n) is 12.5. The van der Waals surface area contributed by atoms with Crippen LogP contribution in [0.2, 0.25) is 0 Å². The van der Waals surface area contributed by atoms with E-state index in [9.17, 15) is 26.4 Å². The van der Waals surface area contributed by atoms with Gasteiger partial charge < -0.3 is 5.32 Å². The second-order valence-electron chi connectivity index (χ2n) is 6.55. The Morgan fingerprint density at radius 3 is 2.29 bits per heavy atom. The molecule has 0 radical (unpaired) electrons. The third-order valence-corrected chi connectivity index (χ3v) is 5.22. The minimum absolute atomic E-state index is 0.199. The average molecular weight is 383 g/mol. The third-order valence-electron chi connectivity index (χ3n) is 4.23. The summed E-state index contributed by atoms with van der Waals surface area (Å²) in [7, 11) is -3.75. The smallest absolute Gasteiger partial charge is 0.346 e. The predicted octanol–water partition coefficient (Wildman–Crippen LogP) is 2.72. The van der Waals surface area contributed by atoms with Crippen LogP contribution in [0.15, 0.2) is 18.2 Å². The van der Waals surface area contributed by atoms with E-state index in [1.54, 1.807) is 0 Å². The lowest BCUT2D eigenvalue weighted by Gasteiger charge is -2.67. The molecule has 0 heterocycles. The Morgan fingerprint density at radius 2 is 1.83 bits per heavy atom. The van der Waals surface area contributed by atoms with E-state index in [-0.39, 0.29) is 16.1 Å². The second-order valence-corrected chi connectivity index (χ2v) is 9.10. The van der Waals surface area contributed by atoms with Gasteiger partial charge in [-0.05, 0) is 37.5 Å². The minimum atomic E-state index is -4.64. The summed E-state index contributed by atoms with van der Waals surface area (Å²) in [5.41, 5.74) is -2.09. The molecular weight excluding hydrogens is 369 g/mol. The maximum absolute atomic E-state index is 12.9. The highest BCUT2D eigenvalue weighted by Crippen LogP contribution is 2.64. The first kappa shape index (κ1) is 17.3. The van der Waals surface area contributed by atoms with Crippen LogP contribution in [0, 0.1) is 0 Å². The molecule has 3 fully saturated rings. The first-order valence-electron chi connectivity index (χ1n) is 7.02. The first-order valence-corrected chi connectivity index (χ1v) is 9.28. The van der Waals surface area contributed by atoms with Gasteiger partial charge in [0.1, 0.15) is 0 Å². The number of hydrogen-bond acceptors (Lipinski definition) is 3. The molecule has 0 unspecified atom stereocenters. The molecule has 3 aliphatic carbocycles. The lowest BCUT2D eigenvalue weighted by molar-refractivity contribution is -0.137. The van der Waals surface area contributed by atoms with Crippen LogP contribution in [0.4, 0.5) is 18.9 Å². The van der Waals surface area contributed by atoms with E-state index in [2.05, 4.69) is 10.0 Å². The summed E-state index contributed by atoms with van der Waals surface area (Å²) in [6, 6.07) is 2.30. The number of hydrogen-bond donors (Lipinski definition) is 2. The quantitative estimate of drug-likeness (QED) is 0.786. The van der Waals surface area contributed by atoms with E-state index < -0.39 is 33.2 Å². The van der Waals surface area contributed by atoms with Gasteiger partial charge in [0.15, 0.2) is 0 Å². The Morgan fingerprint density at radius 1 is 1.25 bits per heavy atom. The zero-order chi connectivity index (χ0) is 18.0. The molecule has 132 valence electrons. The van der Waals surface area contributed by atoms with Crippen LogP contribution >= 0.6 is 11.6 Å². The Balaban J connectivity index is 1.91. The van der Waals surface area contributed by atoms with Crippen LogP contribution in [0.5, 0.6) is 0 Å². The molecule has 1 amide bonds. The number of alkyl halides is 4. The van der Waals surface area contributed by atoms with Gasteiger partial charge in [-0.1, -0.05) is 0 Å². The van der Waals surface area contributed by atoms with Gasteiger partial charge in [0.25, 0.3) is 5.91 Å². The molecule has 0 aromatic heterocycles. The normalized spacial score (nSPS) is 28.5. The molecule has 3 aliphatic rings. The van der Waals surface area contributed by atoms with Crippen LogP contribution < -0.4 is 10.0 Å². The molecule has 3 saturated carbocycles. The number of sulfonamides is 1. The third kappa shape index (κ3) is 3.19. The van der Waals surface area contributed by atoms with E-state index in [4.69, 9.17) is 11.6 Å². The standard InChI is InChI=1S/C14H14ClF3N2O3S/c1-24(22,23)20-10-3-2-8(14(16,17)18)4-9(10)11(21)19-13-5-12(15,6-13)7-13/h2-4,20H,5-7H2,1H3,(H,19,21). The van der Waals surface area contributed by atoms with Gasteiger partial charge in [-0.25, -0.2) is 8.42 Å². The Labute approximate surface area is 141 Å². The molecule has 5 nitrogen and oxygen atoms in total. The highest BCUT2D eigenvalue weighted by Gasteiger charge is 2.68. The predicted molar refractivity (Wildman–Crippen MR) is 82.5 cm³/mol. The minimum Gasteiger partial charge on any atom is -0.346 e. The van der Waals surface area contributed by atoms with Gasteiger partial charge in [-0.2, -0.15) is 13.2 Å². The summed E-state index contributed by atoms with van der Waals surface area (Å²) < 4.78 is 63.5. The van der Waals surface area contributed by atoms with Crippen LogP contribution in [0.3, 0.4) is 0 Å². The van der Waals surface area contributed by atoms with Gasteiger partial charge in [-0.3, -0.25) is 9.52 Å². The molecule has 2 bridgehead atoms. The summed E-state index contributed by atoms with van der Waals surface area (Å²) in [5.74, 6) is -0.759. The average Bonchev–Trinajstić information content (AvgIpc) is 2.32. The van der Waals surface area contributed by atoms with Gasteiger partial charge >= 0.3 is 6.18 Å². The fourth-order valence-corrected chi connectivity index (χ4v) is 4.65. The van der Waals surface area contributed by atoms with Crippen molar-refractivity contribution >= 4 is 33.2 Å². The summed E-state index contributed by atoms with van der Waals surface area (Å²) in [4.78, 5) is 12.1. The molecule has 0 aliphatic heterocycles. The maximum Gasteiger partial charge on any atom is 0.416 e. The SMILES string of the molecule is CS(=O)(=O)Nc1ccc(C(F)(F)F)cc1C(=O)NC12CC(Cl)(C1)C2. The lowest BCUT2D eigenvalue weighted by atomic mass is 9.49. The van der Waals surface area contributed by atoms with Crippen LogP contribution in [0.1, 0.15) is 35.2 Å². The number of halogens is 4. The topological polar surface area (TPSA) is 75.3 Å². The van der Waals surface area contributed by atoms with E-state index in [1.807, 2.05) is 0 Å². The van der Waals surface area contributed by atoms with Gasteiger partial charge in [0, 0.05) is 5.54 Å². The molecule has 0 saturated heterocycles. The zero-order valence-corrected chi connectivity index (χ0v) is 14.1. The number of anilines is 1. The molecular formula is C14H14ClF3N2O3S. The van der Waals surface area contributed by atoms with E-state index in [1.165, 1.54) is 0 Å². The monoisotopic (exact) mass is 382 g/mol. The van der Waals surface area contributed by atoms with Crippen molar-refractivity contribution < 1.29 is 26.4 Å².